The van der Waals surface area contributed by atoms with Crippen molar-refractivity contribution in [2.24, 2.45) is 0 Å². The first-order valence-corrected chi connectivity index (χ1v) is 8.70. The summed E-state index contributed by atoms with van der Waals surface area (Å²) in [4.78, 5) is 12.7. The number of fused-ring (bicyclic) bond motifs is 1. The highest BCUT2D eigenvalue weighted by Gasteiger charge is 2.28. The van der Waals surface area contributed by atoms with Crippen LogP contribution < -0.4 is 10.1 Å². The van der Waals surface area contributed by atoms with E-state index in [0.717, 1.165) is 24.1 Å². The Hall–Kier alpha value is -2.01. The molecule has 1 N–H and O–H groups in total. The highest BCUT2D eigenvalue weighted by atomic mass is 35.5. The highest BCUT2D eigenvalue weighted by Crippen LogP contribution is 2.38. The van der Waals surface area contributed by atoms with Crippen LogP contribution in [0.3, 0.4) is 0 Å². The lowest BCUT2D eigenvalue weighted by atomic mass is 10.1. The van der Waals surface area contributed by atoms with Gasteiger partial charge in [0.2, 0.25) is 0 Å². The summed E-state index contributed by atoms with van der Waals surface area (Å²) >= 11 is 6.13. The van der Waals surface area contributed by atoms with E-state index in [1.807, 2.05) is 23.7 Å². The summed E-state index contributed by atoms with van der Waals surface area (Å²) < 4.78 is 7.57. The molecule has 0 radical (unpaired) electrons. The minimum absolute atomic E-state index is 0.133. The molecule has 1 amide bonds. The second-order valence-corrected chi connectivity index (χ2v) is 6.46. The lowest BCUT2D eigenvalue weighted by Gasteiger charge is -2.16. The third-order valence-corrected chi connectivity index (χ3v) is 4.95. The van der Waals surface area contributed by atoms with E-state index in [1.165, 1.54) is 0 Å². The van der Waals surface area contributed by atoms with Crippen LogP contribution in [0.5, 0.6) is 5.75 Å². The quantitative estimate of drug-likeness (QED) is 0.887. The maximum Gasteiger partial charge on any atom is 0.255 e. The minimum atomic E-state index is -0.193. The minimum Gasteiger partial charge on any atom is -0.489 e. The number of halogens is 1. The van der Waals surface area contributed by atoms with Crippen LogP contribution in [-0.4, -0.2) is 22.3 Å². The fraction of sp³-hybridized carbons (Fsp3) is 0.444. The van der Waals surface area contributed by atoms with E-state index in [0.29, 0.717) is 29.0 Å². The van der Waals surface area contributed by atoms with Crippen LogP contribution in [0.4, 0.5) is 0 Å². The predicted octanol–water partition coefficient (Wildman–Crippen LogP) is 4.07. The molecule has 2 heterocycles. The van der Waals surface area contributed by atoms with Crippen molar-refractivity contribution in [2.45, 2.75) is 45.7 Å². The van der Waals surface area contributed by atoms with Crippen molar-refractivity contribution in [3.05, 3.63) is 46.2 Å². The van der Waals surface area contributed by atoms with Crippen LogP contribution in [-0.2, 0) is 0 Å². The number of rotatable bonds is 5. The lowest BCUT2D eigenvalue weighted by molar-refractivity contribution is 0.0929. The summed E-state index contributed by atoms with van der Waals surface area (Å²) in [6.07, 6.45) is 3.63. The number of ether oxygens (including phenoxy) is 1. The number of nitrogens with one attached hydrogen (secondary N) is 1. The molecule has 0 aliphatic carbocycles. The number of hydrogen-bond donors (Lipinski definition) is 1. The van der Waals surface area contributed by atoms with Gasteiger partial charge in [0, 0.05) is 11.3 Å². The van der Waals surface area contributed by atoms with Crippen LogP contribution in [0.1, 0.15) is 60.4 Å². The fourth-order valence-corrected chi connectivity index (χ4v) is 3.45. The number of para-hydroxylation sites is 1. The highest BCUT2D eigenvalue weighted by molar-refractivity contribution is 6.32. The first-order chi connectivity index (χ1) is 11.6. The van der Waals surface area contributed by atoms with E-state index in [2.05, 4.69) is 24.3 Å². The zero-order valence-corrected chi connectivity index (χ0v) is 14.9. The van der Waals surface area contributed by atoms with Gasteiger partial charge in [0.25, 0.3) is 5.91 Å². The Morgan fingerprint density at radius 2 is 2.21 bits per heavy atom. The van der Waals surface area contributed by atoms with E-state index < -0.39 is 0 Å². The number of carbonyl (C=O) groups is 1. The van der Waals surface area contributed by atoms with E-state index in [1.54, 1.807) is 12.3 Å². The van der Waals surface area contributed by atoms with Gasteiger partial charge < -0.3 is 10.1 Å². The zero-order valence-electron chi connectivity index (χ0n) is 14.2. The molecule has 1 aliphatic heterocycles. The Morgan fingerprint density at radius 1 is 1.46 bits per heavy atom. The van der Waals surface area contributed by atoms with Crippen LogP contribution in [0.25, 0.3) is 0 Å². The van der Waals surface area contributed by atoms with Gasteiger partial charge in [-0.05, 0) is 25.8 Å². The van der Waals surface area contributed by atoms with Crippen molar-refractivity contribution in [2.75, 3.05) is 6.61 Å². The summed E-state index contributed by atoms with van der Waals surface area (Å²) in [5.74, 6) is 0.528. The molecule has 0 saturated heterocycles. The van der Waals surface area contributed by atoms with Crippen molar-refractivity contribution in [1.29, 1.82) is 0 Å². The van der Waals surface area contributed by atoms with Crippen molar-refractivity contribution in [1.82, 2.24) is 15.1 Å². The van der Waals surface area contributed by atoms with Gasteiger partial charge in [-0.25, -0.2) is 0 Å². The average Bonchev–Trinajstić information content (AvgIpc) is 3.15. The van der Waals surface area contributed by atoms with Crippen LogP contribution in [0, 0.1) is 6.92 Å². The molecule has 2 aromatic rings. The molecule has 1 aliphatic rings. The van der Waals surface area contributed by atoms with Gasteiger partial charge >= 0.3 is 0 Å². The zero-order chi connectivity index (χ0) is 17.3. The van der Waals surface area contributed by atoms with Crippen LogP contribution in [0.2, 0.25) is 5.02 Å². The molecule has 6 heteroatoms. The van der Waals surface area contributed by atoms with Crippen molar-refractivity contribution < 1.29 is 9.53 Å². The molecule has 1 aromatic carbocycles. The first kappa shape index (κ1) is 16.8. The Balaban J connectivity index is 1.79. The standard InChI is InChI=1S/C18H22ClN3O2/c1-4-12(5-2)22-11(3)14(9-20-22)18(23)21-16-10-24-17-13(16)7-6-8-15(17)19/h6-9,12,16H,4-5,10H2,1-3H3,(H,21,23)/t16-/m1/s1. The summed E-state index contributed by atoms with van der Waals surface area (Å²) in [5.41, 5.74) is 2.42. The molecular formula is C18H22ClN3O2. The fourth-order valence-electron chi connectivity index (χ4n) is 3.21. The summed E-state index contributed by atoms with van der Waals surface area (Å²) in [7, 11) is 0. The number of amides is 1. The SMILES string of the molecule is CCC(CC)n1ncc(C(=O)N[C@@H]2COc3c(Cl)cccc32)c1C. The van der Waals surface area contributed by atoms with Crippen LogP contribution in [0.15, 0.2) is 24.4 Å². The maximum atomic E-state index is 12.7. The van der Waals surface area contributed by atoms with E-state index >= 15 is 0 Å². The number of nitrogens with zero attached hydrogens (tertiary/aromatic N) is 2. The molecule has 0 unspecified atom stereocenters. The largest absolute Gasteiger partial charge is 0.489 e. The summed E-state index contributed by atoms with van der Waals surface area (Å²) in [6, 6.07) is 5.71. The molecule has 1 atom stereocenters. The van der Waals surface area contributed by atoms with Crippen molar-refractivity contribution in [3.8, 4) is 5.75 Å². The molecule has 5 nitrogen and oxygen atoms in total. The van der Waals surface area contributed by atoms with Crippen LogP contribution >= 0.6 is 11.6 Å². The summed E-state index contributed by atoms with van der Waals surface area (Å²) in [6.45, 7) is 6.60. The van der Waals surface area contributed by atoms with Gasteiger partial charge in [0.1, 0.15) is 12.4 Å². The Morgan fingerprint density at radius 3 is 2.92 bits per heavy atom. The van der Waals surface area contributed by atoms with Crippen molar-refractivity contribution in [3.63, 3.8) is 0 Å². The number of aromatic nitrogens is 2. The smallest absolute Gasteiger partial charge is 0.255 e. The normalized spacial score (nSPS) is 16.1. The second-order valence-electron chi connectivity index (χ2n) is 6.05. The molecular weight excluding hydrogens is 326 g/mol. The average molecular weight is 348 g/mol. The molecule has 0 saturated carbocycles. The van der Waals surface area contributed by atoms with E-state index in [9.17, 15) is 4.79 Å². The monoisotopic (exact) mass is 347 g/mol. The number of benzene rings is 1. The third kappa shape index (κ3) is 2.88. The van der Waals surface area contributed by atoms with Gasteiger partial charge in [-0.15, -0.1) is 0 Å². The predicted molar refractivity (Wildman–Crippen MR) is 93.7 cm³/mol. The molecule has 0 fully saturated rings. The molecule has 0 spiro atoms. The van der Waals surface area contributed by atoms with Gasteiger partial charge in [0.05, 0.1) is 28.9 Å². The first-order valence-electron chi connectivity index (χ1n) is 8.32. The van der Waals surface area contributed by atoms with Gasteiger partial charge in [-0.2, -0.15) is 5.10 Å². The Kier molecular flexibility index (Phi) is 4.81. The van der Waals surface area contributed by atoms with Gasteiger partial charge in [0.15, 0.2) is 0 Å². The van der Waals surface area contributed by atoms with Gasteiger partial charge in [-0.1, -0.05) is 37.6 Å². The van der Waals surface area contributed by atoms with E-state index in [-0.39, 0.29) is 11.9 Å². The summed E-state index contributed by atoms with van der Waals surface area (Å²) in [5, 5.41) is 8.02. The lowest BCUT2D eigenvalue weighted by Crippen LogP contribution is -2.29. The maximum absolute atomic E-state index is 12.7. The molecule has 0 bridgehead atoms. The van der Waals surface area contributed by atoms with Crippen molar-refractivity contribution >= 4 is 17.5 Å². The molecule has 128 valence electrons. The Labute approximate surface area is 147 Å². The molecule has 1 aromatic heterocycles. The topological polar surface area (TPSA) is 56.2 Å². The Bertz CT molecular complexity index is 753. The second kappa shape index (κ2) is 6.85. The molecule has 24 heavy (non-hydrogen) atoms. The molecule has 3 rings (SSSR count). The third-order valence-electron chi connectivity index (χ3n) is 4.65. The van der Waals surface area contributed by atoms with E-state index in [4.69, 9.17) is 16.3 Å². The number of hydrogen-bond acceptors (Lipinski definition) is 3. The number of carbonyl (C=O) groups excluding carboxylic acids is 1. The van der Waals surface area contributed by atoms with Gasteiger partial charge in [-0.3, -0.25) is 9.48 Å².